The molecule has 7 nitrogen and oxygen atoms in total. The summed E-state index contributed by atoms with van der Waals surface area (Å²) in [5, 5.41) is 15.9. The number of hydrogen-bond donors (Lipinski definition) is 4. The fourth-order valence-corrected chi connectivity index (χ4v) is 2.86. The van der Waals surface area contributed by atoms with Crippen molar-refractivity contribution in [2.75, 3.05) is 32.5 Å². The number of primary amides is 1. The standard InChI is InChI=1S/C20H25FN4O3/c1-25(2)12-14(18(26)13-6-4-3-5-7-13)11-23-20(28)24-15-8-9-17(21)16(10-15)19(22)27/h3-10,14,18,26H,11-12H2,1-2H3,(H2,22,27)(H2,23,24,28)/t14-,18+/m1/s1. The van der Waals surface area contributed by atoms with Crippen LogP contribution in [0.1, 0.15) is 22.0 Å². The lowest BCUT2D eigenvalue weighted by Gasteiger charge is -2.26. The van der Waals surface area contributed by atoms with E-state index >= 15 is 0 Å². The summed E-state index contributed by atoms with van der Waals surface area (Å²) < 4.78 is 13.5. The number of halogens is 1. The maximum absolute atomic E-state index is 13.5. The monoisotopic (exact) mass is 388 g/mol. The number of amides is 3. The van der Waals surface area contributed by atoms with E-state index in [1.54, 1.807) is 0 Å². The second-order valence-corrected chi connectivity index (χ2v) is 6.77. The smallest absolute Gasteiger partial charge is 0.319 e. The zero-order valence-corrected chi connectivity index (χ0v) is 15.9. The van der Waals surface area contributed by atoms with Crippen LogP contribution >= 0.6 is 0 Å². The lowest BCUT2D eigenvalue weighted by atomic mass is 9.95. The number of nitrogens with zero attached hydrogens (tertiary/aromatic N) is 1. The van der Waals surface area contributed by atoms with Gasteiger partial charge in [-0.1, -0.05) is 30.3 Å². The summed E-state index contributed by atoms with van der Waals surface area (Å²) in [6.45, 7) is 0.767. The normalized spacial score (nSPS) is 13.0. The first-order valence-corrected chi connectivity index (χ1v) is 8.80. The molecule has 0 spiro atoms. The molecule has 0 radical (unpaired) electrons. The largest absolute Gasteiger partial charge is 0.388 e. The van der Waals surface area contributed by atoms with Gasteiger partial charge >= 0.3 is 6.03 Å². The van der Waals surface area contributed by atoms with Gasteiger partial charge in [-0.2, -0.15) is 0 Å². The van der Waals surface area contributed by atoms with Gasteiger partial charge in [0.05, 0.1) is 11.7 Å². The second-order valence-electron chi connectivity index (χ2n) is 6.77. The van der Waals surface area contributed by atoms with Crippen molar-refractivity contribution >= 4 is 17.6 Å². The number of aliphatic hydroxyl groups excluding tert-OH is 1. The average molecular weight is 388 g/mol. The van der Waals surface area contributed by atoms with Crippen LogP contribution in [0.3, 0.4) is 0 Å². The molecule has 0 saturated heterocycles. The Morgan fingerprint density at radius 1 is 1.18 bits per heavy atom. The van der Waals surface area contributed by atoms with E-state index in [2.05, 4.69) is 10.6 Å². The van der Waals surface area contributed by atoms with E-state index in [9.17, 15) is 19.1 Å². The van der Waals surface area contributed by atoms with Crippen LogP contribution in [-0.4, -0.2) is 49.1 Å². The van der Waals surface area contributed by atoms with E-state index in [-0.39, 0.29) is 23.7 Å². The molecule has 28 heavy (non-hydrogen) atoms. The first kappa shape index (κ1) is 21.3. The predicted molar refractivity (Wildman–Crippen MR) is 105 cm³/mol. The van der Waals surface area contributed by atoms with Crippen molar-refractivity contribution in [1.82, 2.24) is 10.2 Å². The summed E-state index contributed by atoms with van der Waals surface area (Å²) in [5.41, 5.74) is 5.81. The first-order valence-electron chi connectivity index (χ1n) is 8.80. The van der Waals surface area contributed by atoms with E-state index in [0.717, 1.165) is 11.6 Å². The molecule has 8 heteroatoms. The molecule has 5 N–H and O–H groups in total. The van der Waals surface area contributed by atoms with Crippen LogP contribution in [0.2, 0.25) is 0 Å². The summed E-state index contributed by atoms with van der Waals surface area (Å²) >= 11 is 0. The van der Waals surface area contributed by atoms with Crippen molar-refractivity contribution < 1.29 is 19.1 Å². The van der Waals surface area contributed by atoms with Crippen LogP contribution in [0.4, 0.5) is 14.9 Å². The Hall–Kier alpha value is -2.97. The molecule has 0 aliphatic carbocycles. The number of aliphatic hydroxyl groups is 1. The molecule has 2 rings (SSSR count). The van der Waals surface area contributed by atoms with Crippen molar-refractivity contribution in [1.29, 1.82) is 0 Å². The van der Waals surface area contributed by atoms with Crippen LogP contribution in [0.5, 0.6) is 0 Å². The van der Waals surface area contributed by atoms with Gasteiger partial charge in [0.1, 0.15) is 5.82 Å². The first-order chi connectivity index (χ1) is 13.3. The number of anilines is 1. The number of carbonyl (C=O) groups is 2. The third-order valence-electron chi connectivity index (χ3n) is 4.20. The molecule has 2 aromatic rings. The molecule has 0 aliphatic rings. The van der Waals surface area contributed by atoms with Gasteiger partial charge in [-0.15, -0.1) is 0 Å². The topological polar surface area (TPSA) is 108 Å². The van der Waals surface area contributed by atoms with Crippen LogP contribution in [0.25, 0.3) is 0 Å². The van der Waals surface area contributed by atoms with E-state index in [0.29, 0.717) is 6.54 Å². The fraction of sp³-hybridized carbons (Fsp3) is 0.300. The Balaban J connectivity index is 2.01. The molecular weight excluding hydrogens is 363 g/mol. The lowest BCUT2D eigenvalue weighted by Crippen LogP contribution is -2.39. The molecule has 0 aromatic heterocycles. The van der Waals surface area contributed by atoms with E-state index in [1.165, 1.54) is 12.1 Å². The molecule has 2 aromatic carbocycles. The van der Waals surface area contributed by atoms with Gasteiger partial charge < -0.3 is 26.4 Å². The molecule has 3 amide bonds. The maximum Gasteiger partial charge on any atom is 0.319 e. The summed E-state index contributed by atoms with van der Waals surface area (Å²) in [7, 11) is 3.77. The van der Waals surface area contributed by atoms with Gasteiger partial charge in [0, 0.05) is 24.7 Å². The quantitative estimate of drug-likeness (QED) is 0.554. The third kappa shape index (κ3) is 6.04. The van der Waals surface area contributed by atoms with Gasteiger partial charge in [-0.05, 0) is 37.9 Å². The van der Waals surface area contributed by atoms with E-state index in [1.807, 2.05) is 49.3 Å². The molecular formula is C20H25FN4O3. The van der Waals surface area contributed by atoms with Crippen LogP contribution in [-0.2, 0) is 0 Å². The van der Waals surface area contributed by atoms with Gasteiger partial charge in [0.15, 0.2) is 0 Å². The lowest BCUT2D eigenvalue weighted by molar-refractivity contribution is 0.0911. The number of carbonyl (C=O) groups excluding carboxylic acids is 2. The van der Waals surface area contributed by atoms with E-state index < -0.39 is 23.9 Å². The highest BCUT2D eigenvalue weighted by Gasteiger charge is 2.22. The Morgan fingerprint density at radius 3 is 2.46 bits per heavy atom. The van der Waals surface area contributed by atoms with Gasteiger partial charge in [-0.3, -0.25) is 4.79 Å². The Labute approximate surface area is 163 Å². The number of nitrogens with two attached hydrogens (primary N) is 1. The van der Waals surface area contributed by atoms with Crippen LogP contribution in [0.15, 0.2) is 48.5 Å². The fourth-order valence-electron chi connectivity index (χ4n) is 2.86. The predicted octanol–water partition coefficient (Wildman–Crippen LogP) is 1.96. The highest BCUT2D eigenvalue weighted by molar-refractivity contribution is 5.96. The van der Waals surface area contributed by atoms with Crippen LogP contribution in [0, 0.1) is 11.7 Å². The summed E-state index contributed by atoms with van der Waals surface area (Å²) in [4.78, 5) is 25.3. The molecule has 0 unspecified atom stereocenters. The number of urea groups is 1. The molecule has 150 valence electrons. The molecule has 0 heterocycles. The Kier molecular flexibility index (Phi) is 7.48. The van der Waals surface area contributed by atoms with Gasteiger partial charge in [0.2, 0.25) is 0 Å². The highest BCUT2D eigenvalue weighted by atomic mass is 19.1. The SMILES string of the molecule is CN(C)C[C@@H](CNC(=O)Nc1ccc(F)c(C(N)=O)c1)[C@@H](O)c1ccccc1. The minimum atomic E-state index is -0.918. The van der Waals surface area contributed by atoms with Crippen molar-refractivity contribution in [3.63, 3.8) is 0 Å². The maximum atomic E-state index is 13.5. The van der Waals surface area contributed by atoms with Crippen LogP contribution < -0.4 is 16.4 Å². The zero-order valence-electron chi connectivity index (χ0n) is 15.9. The van der Waals surface area contributed by atoms with Gasteiger partial charge in [0.25, 0.3) is 5.91 Å². The number of hydrogen-bond acceptors (Lipinski definition) is 4. The Bertz CT molecular complexity index is 814. The average Bonchev–Trinajstić information content (AvgIpc) is 2.66. The van der Waals surface area contributed by atoms with Gasteiger partial charge in [-0.25, -0.2) is 9.18 Å². The Morgan fingerprint density at radius 2 is 1.86 bits per heavy atom. The number of benzene rings is 2. The molecule has 2 atom stereocenters. The molecule has 0 fully saturated rings. The van der Waals surface area contributed by atoms with Crippen molar-refractivity contribution in [2.24, 2.45) is 11.7 Å². The summed E-state index contributed by atoms with van der Waals surface area (Å²) in [6.07, 6.45) is -0.754. The minimum Gasteiger partial charge on any atom is -0.388 e. The van der Waals surface area contributed by atoms with Crippen molar-refractivity contribution in [2.45, 2.75) is 6.10 Å². The highest BCUT2D eigenvalue weighted by Crippen LogP contribution is 2.22. The molecule has 0 aliphatic heterocycles. The summed E-state index contributed by atoms with van der Waals surface area (Å²) in [6, 6.07) is 12.2. The third-order valence-corrected chi connectivity index (χ3v) is 4.20. The van der Waals surface area contributed by atoms with Crippen molar-refractivity contribution in [3.8, 4) is 0 Å². The summed E-state index contributed by atoms with van der Waals surface area (Å²) in [5.74, 6) is -1.92. The zero-order chi connectivity index (χ0) is 20.7. The second kappa shape index (κ2) is 9.82. The minimum absolute atomic E-state index is 0.212. The molecule has 0 saturated carbocycles. The molecule has 0 bridgehead atoms. The van der Waals surface area contributed by atoms with E-state index in [4.69, 9.17) is 5.73 Å². The number of nitrogens with one attached hydrogen (secondary N) is 2. The number of rotatable bonds is 8. The van der Waals surface area contributed by atoms with Crippen molar-refractivity contribution in [3.05, 3.63) is 65.5 Å².